The van der Waals surface area contributed by atoms with Crippen molar-refractivity contribution in [1.29, 1.82) is 0 Å². The number of aromatic nitrogens is 1. The van der Waals surface area contributed by atoms with Gasteiger partial charge >= 0.3 is 5.97 Å². The maximum Gasteiger partial charge on any atom is 0.335 e. The van der Waals surface area contributed by atoms with Gasteiger partial charge in [-0.25, -0.2) is 9.18 Å². The minimum absolute atomic E-state index is 0.179. The van der Waals surface area contributed by atoms with Crippen LogP contribution in [0.2, 0.25) is 0 Å². The number of carboxylic acids is 1. The van der Waals surface area contributed by atoms with Crippen molar-refractivity contribution in [2.24, 2.45) is 0 Å². The Morgan fingerprint density at radius 1 is 1.16 bits per heavy atom. The third-order valence-corrected chi connectivity index (χ3v) is 5.13. The fourth-order valence-electron chi connectivity index (χ4n) is 3.55. The largest absolute Gasteiger partial charge is 0.493 e. The van der Waals surface area contributed by atoms with Crippen molar-refractivity contribution < 1.29 is 28.5 Å². The molecule has 2 heterocycles. The lowest BCUT2D eigenvalue weighted by Crippen LogP contribution is -2.18. The van der Waals surface area contributed by atoms with Gasteiger partial charge in [0.05, 0.1) is 25.5 Å². The van der Waals surface area contributed by atoms with E-state index in [-0.39, 0.29) is 11.9 Å². The van der Waals surface area contributed by atoms with E-state index in [0.717, 1.165) is 30.4 Å². The standard InChI is InChI=1S/C24H23FN2O5/c1-30-21-9-8-20(12-22(21)32-23-3-2-10-31-23)27(15-16-11-18(25)14-26-13-16)19-6-4-17(5-7-19)24(28)29/h4-9,11-14,23H,2-3,10,15H2,1H3,(H,28,29). The van der Waals surface area contributed by atoms with Crippen LogP contribution in [0.15, 0.2) is 60.9 Å². The number of benzene rings is 2. The van der Waals surface area contributed by atoms with Crippen LogP contribution in [0.3, 0.4) is 0 Å². The number of hydrogen-bond acceptors (Lipinski definition) is 6. The van der Waals surface area contributed by atoms with Crippen molar-refractivity contribution in [2.45, 2.75) is 25.7 Å². The number of carbonyl (C=O) groups is 1. The van der Waals surface area contributed by atoms with Gasteiger partial charge in [-0.3, -0.25) is 4.98 Å². The number of nitrogens with zero attached hydrogens (tertiary/aromatic N) is 2. The highest BCUT2D eigenvalue weighted by Gasteiger charge is 2.21. The maximum atomic E-state index is 13.8. The van der Waals surface area contributed by atoms with Crippen LogP contribution in [0.1, 0.15) is 28.8 Å². The minimum atomic E-state index is -1.01. The topological polar surface area (TPSA) is 81.1 Å². The first-order chi connectivity index (χ1) is 15.5. The van der Waals surface area contributed by atoms with Gasteiger partial charge in [-0.2, -0.15) is 0 Å². The van der Waals surface area contributed by atoms with Crippen LogP contribution in [-0.4, -0.2) is 36.1 Å². The van der Waals surface area contributed by atoms with Gasteiger partial charge in [0.15, 0.2) is 17.8 Å². The Hall–Kier alpha value is -3.65. The van der Waals surface area contributed by atoms with E-state index < -0.39 is 11.8 Å². The van der Waals surface area contributed by atoms with Crippen LogP contribution in [-0.2, 0) is 11.3 Å². The van der Waals surface area contributed by atoms with E-state index in [1.54, 1.807) is 31.5 Å². The molecule has 0 bridgehead atoms. The summed E-state index contributed by atoms with van der Waals surface area (Å²) in [7, 11) is 1.57. The molecule has 32 heavy (non-hydrogen) atoms. The molecule has 2 aromatic carbocycles. The third kappa shape index (κ3) is 4.97. The molecule has 1 aliphatic heterocycles. The van der Waals surface area contributed by atoms with E-state index in [2.05, 4.69) is 4.98 Å². The van der Waals surface area contributed by atoms with Crippen LogP contribution in [0, 0.1) is 5.82 Å². The molecule has 8 heteroatoms. The second kappa shape index (κ2) is 9.65. The molecule has 1 atom stereocenters. The smallest absolute Gasteiger partial charge is 0.335 e. The molecule has 1 N–H and O–H groups in total. The van der Waals surface area contributed by atoms with E-state index in [4.69, 9.17) is 14.2 Å². The summed E-state index contributed by atoms with van der Waals surface area (Å²) < 4.78 is 30.8. The molecule has 7 nitrogen and oxygen atoms in total. The van der Waals surface area contributed by atoms with E-state index >= 15 is 0 Å². The highest BCUT2D eigenvalue weighted by molar-refractivity contribution is 5.88. The van der Waals surface area contributed by atoms with Crippen LogP contribution in [0.4, 0.5) is 15.8 Å². The van der Waals surface area contributed by atoms with Gasteiger partial charge < -0.3 is 24.2 Å². The predicted molar refractivity (Wildman–Crippen MR) is 116 cm³/mol. The molecule has 1 aromatic heterocycles. The zero-order chi connectivity index (χ0) is 22.5. The van der Waals surface area contributed by atoms with Crippen molar-refractivity contribution in [2.75, 3.05) is 18.6 Å². The van der Waals surface area contributed by atoms with Gasteiger partial charge in [-0.05, 0) is 54.4 Å². The van der Waals surface area contributed by atoms with Crippen molar-refractivity contribution in [3.63, 3.8) is 0 Å². The van der Waals surface area contributed by atoms with Gasteiger partial charge in [-0.15, -0.1) is 0 Å². The van der Waals surface area contributed by atoms with Gasteiger partial charge in [-0.1, -0.05) is 0 Å². The summed E-state index contributed by atoms with van der Waals surface area (Å²) in [6.07, 6.45) is 4.13. The lowest BCUT2D eigenvalue weighted by atomic mass is 10.1. The van der Waals surface area contributed by atoms with Crippen LogP contribution < -0.4 is 14.4 Å². The van der Waals surface area contributed by atoms with Gasteiger partial charge in [0.2, 0.25) is 0 Å². The van der Waals surface area contributed by atoms with Crippen molar-refractivity contribution in [3.8, 4) is 11.5 Å². The molecule has 0 spiro atoms. The number of rotatable bonds is 8. The highest BCUT2D eigenvalue weighted by atomic mass is 19.1. The summed E-state index contributed by atoms with van der Waals surface area (Å²) in [5.41, 5.74) is 2.32. The summed E-state index contributed by atoms with van der Waals surface area (Å²) in [4.78, 5) is 17.1. The molecule has 0 amide bonds. The Labute approximate surface area is 185 Å². The summed E-state index contributed by atoms with van der Waals surface area (Å²) >= 11 is 0. The fraction of sp³-hybridized carbons (Fsp3) is 0.250. The van der Waals surface area contributed by atoms with Gasteiger partial charge in [0.25, 0.3) is 0 Å². The number of aromatic carboxylic acids is 1. The van der Waals surface area contributed by atoms with E-state index in [9.17, 15) is 14.3 Å². The molecular formula is C24H23FN2O5. The third-order valence-electron chi connectivity index (χ3n) is 5.13. The Morgan fingerprint density at radius 2 is 1.94 bits per heavy atom. The Bertz CT molecular complexity index is 1080. The molecule has 1 fully saturated rings. The number of carboxylic acid groups (broad SMARTS) is 1. The molecule has 1 aliphatic rings. The average molecular weight is 438 g/mol. The highest BCUT2D eigenvalue weighted by Crippen LogP contribution is 2.37. The average Bonchev–Trinajstić information content (AvgIpc) is 3.31. The minimum Gasteiger partial charge on any atom is -0.493 e. The lowest BCUT2D eigenvalue weighted by Gasteiger charge is -2.26. The van der Waals surface area contributed by atoms with Crippen LogP contribution in [0.25, 0.3) is 0 Å². The molecule has 1 saturated heterocycles. The zero-order valence-corrected chi connectivity index (χ0v) is 17.5. The number of ether oxygens (including phenoxy) is 3. The number of pyridine rings is 1. The number of anilines is 2. The predicted octanol–water partition coefficient (Wildman–Crippen LogP) is 4.78. The molecule has 0 saturated carbocycles. The Balaban J connectivity index is 1.71. The zero-order valence-electron chi connectivity index (χ0n) is 17.5. The van der Waals surface area contributed by atoms with Crippen molar-refractivity contribution >= 4 is 17.3 Å². The normalized spacial score (nSPS) is 15.4. The summed E-state index contributed by atoms with van der Waals surface area (Å²) in [5, 5.41) is 9.22. The first-order valence-corrected chi connectivity index (χ1v) is 10.2. The van der Waals surface area contributed by atoms with Crippen LogP contribution >= 0.6 is 0 Å². The summed E-state index contributed by atoms with van der Waals surface area (Å²) in [5.74, 6) is -0.339. The quantitative estimate of drug-likeness (QED) is 0.542. The Morgan fingerprint density at radius 3 is 2.59 bits per heavy atom. The van der Waals surface area contributed by atoms with Crippen molar-refractivity contribution in [1.82, 2.24) is 4.98 Å². The van der Waals surface area contributed by atoms with Gasteiger partial charge in [0.1, 0.15) is 5.82 Å². The summed E-state index contributed by atoms with van der Waals surface area (Å²) in [6.45, 7) is 0.962. The molecule has 166 valence electrons. The van der Waals surface area contributed by atoms with E-state index in [1.807, 2.05) is 17.0 Å². The summed E-state index contributed by atoms with van der Waals surface area (Å²) in [6, 6.07) is 13.4. The maximum absolute atomic E-state index is 13.8. The molecule has 3 aromatic rings. The molecular weight excluding hydrogens is 415 g/mol. The molecule has 0 aliphatic carbocycles. The lowest BCUT2D eigenvalue weighted by molar-refractivity contribution is -0.0402. The molecule has 1 unspecified atom stereocenters. The van der Waals surface area contributed by atoms with Gasteiger partial charge in [0, 0.05) is 36.6 Å². The van der Waals surface area contributed by atoms with Crippen LogP contribution in [0.5, 0.6) is 11.5 Å². The van der Waals surface area contributed by atoms with Crippen molar-refractivity contribution in [3.05, 3.63) is 77.9 Å². The first kappa shape index (κ1) is 21.6. The molecule has 0 radical (unpaired) electrons. The number of hydrogen-bond donors (Lipinski definition) is 1. The van der Waals surface area contributed by atoms with E-state index in [0.29, 0.717) is 30.2 Å². The first-order valence-electron chi connectivity index (χ1n) is 10.2. The second-order valence-corrected chi connectivity index (χ2v) is 7.35. The SMILES string of the molecule is COc1ccc(N(Cc2cncc(F)c2)c2ccc(C(=O)O)cc2)cc1OC1CCCO1. The number of halogens is 1. The monoisotopic (exact) mass is 438 g/mol. The Kier molecular flexibility index (Phi) is 6.51. The second-order valence-electron chi connectivity index (χ2n) is 7.35. The van der Waals surface area contributed by atoms with E-state index in [1.165, 1.54) is 18.2 Å². The fourth-order valence-corrected chi connectivity index (χ4v) is 3.55. The number of methoxy groups -OCH3 is 1. The molecule has 4 rings (SSSR count).